The number of benzene rings is 4. The van der Waals surface area contributed by atoms with E-state index in [0.717, 1.165) is 89.7 Å². The van der Waals surface area contributed by atoms with Crippen molar-refractivity contribution in [2.24, 2.45) is 0 Å². The Bertz CT molecular complexity index is 2410. The summed E-state index contributed by atoms with van der Waals surface area (Å²) in [4.78, 5) is 7.29. The molecule has 0 fully saturated rings. The molecule has 0 saturated heterocycles. The van der Waals surface area contributed by atoms with E-state index in [1.165, 1.54) is 19.5 Å². The molecule has 9 rings (SSSR count). The number of thiophene rings is 4. The first-order valence-corrected chi connectivity index (χ1v) is 23.3. The second-order valence-corrected chi connectivity index (χ2v) is 18.8. The van der Waals surface area contributed by atoms with Gasteiger partial charge in [0, 0.05) is 54.9 Å². The summed E-state index contributed by atoms with van der Waals surface area (Å²) in [6.07, 6.45) is 3.67. The van der Waals surface area contributed by atoms with Gasteiger partial charge in [-0.25, -0.2) is 0 Å². The van der Waals surface area contributed by atoms with Crippen LogP contribution in [0.1, 0.15) is 71.2 Å². The Morgan fingerprint density at radius 3 is 1.12 bits per heavy atom. The molecule has 4 aromatic carbocycles. The third-order valence-electron chi connectivity index (χ3n) is 10.6. The Hall–Kier alpha value is -5.12. The first-order valence-electron chi connectivity index (χ1n) is 19.9. The van der Waals surface area contributed by atoms with Crippen LogP contribution in [-0.2, 0) is 25.7 Å². The van der Waals surface area contributed by atoms with Gasteiger partial charge in [-0.2, -0.15) is 0 Å². The van der Waals surface area contributed by atoms with E-state index in [4.69, 9.17) is 9.47 Å². The normalized spacial score (nSPS) is 12.4. The van der Waals surface area contributed by atoms with Crippen LogP contribution in [0.25, 0.3) is 40.4 Å². The second-order valence-electron chi connectivity index (χ2n) is 14.8. The van der Waals surface area contributed by atoms with Crippen LogP contribution in [-0.4, -0.2) is 23.4 Å². The molecule has 1 aliphatic carbocycles. The Balaban J connectivity index is 1.23. The van der Waals surface area contributed by atoms with Gasteiger partial charge < -0.3 is 19.7 Å². The molecule has 0 aliphatic heterocycles. The minimum absolute atomic E-state index is 0.301. The third kappa shape index (κ3) is 7.86. The molecule has 8 aromatic rings. The van der Waals surface area contributed by atoms with Gasteiger partial charge in [0.1, 0.15) is 23.0 Å². The number of aromatic hydroxyl groups is 2. The monoisotopic (exact) mass is 836 g/mol. The van der Waals surface area contributed by atoms with Gasteiger partial charge in [-0.1, -0.05) is 62.4 Å². The lowest BCUT2D eigenvalue weighted by molar-refractivity contribution is 0.311. The van der Waals surface area contributed by atoms with Gasteiger partial charge in [-0.15, -0.1) is 45.3 Å². The Morgan fingerprint density at radius 2 is 0.793 bits per heavy atom. The van der Waals surface area contributed by atoms with Gasteiger partial charge in [-0.05, 0) is 140 Å². The van der Waals surface area contributed by atoms with Gasteiger partial charge in [0.05, 0.1) is 13.2 Å². The van der Waals surface area contributed by atoms with Crippen molar-refractivity contribution < 1.29 is 19.7 Å². The lowest BCUT2D eigenvalue weighted by Crippen LogP contribution is -2.07. The SMILES string of the molecule is CCCOc1c2cccc1Cc1cc(-c3ccc(-c4cccs4)s3)cc(c1O)Cc1cccc(c1OCCC)Cc1cc(-c3ccc(-c4cccs4)s3)cc(c1O)C2. The molecule has 4 heterocycles. The van der Waals surface area contributed by atoms with E-state index in [0.29, 0.717) is 50.4 Å². The van der Waals surface area contributed by atoms with Crippen LogP contribution in [0.15, 0.2) is 120 Å². The van der Waals surface area contributed by atoms with Crippen LogP contribution >= 0.6 is 45.3 Å². The Kier molecular flexibility index (Phi) is 11.3. The van der Waals surface area contributed by atoms with E-state index in [1.54, 1.807) is 45.3 Å². The number of phenols is 2. The zero-order chi connectivity index (χ0) is 39.6. The average molecular weight is 837 g/mol. The van der Waals surface area contributed by atoms with Crippen LogP contribution in [0, 0.1) is 0 Å². The molecule has 0 saturated carbocycles. The van der Waals surface area contributed by atoms with Crippen LogP contribution in [0.3, 0.4) is 0 Å². The van der Waals surface area contributed by atoms with Gasteiger partial charge in [0.15, 0.2) is 0 Å². The summed E-state index contributed by atoms with van der Waals surface area (Å²) in [5.74, 6) is 2.24. The van der Waals surface area contributed by atoms with Crippen molar-refractivity contribution in [2.75, 3.05) is 13.2 Å². The van der Waals surface area contributed by atoms with Gasteiger partial charge in [0.2, 0.25) is 0 Å². The van der Waals surface area contributed by atoms with Crippen molar-refractivity contribution >= 4 is 45.3 Å². The summed E-state index contributed by atoms with van der Waals surface area (Å²) in [6.45, 7) is 5.37. The second kappa shape index (κ2) is 17.0. The fraction of sp³-hybridized carbons (Fsp3) is 0.200. The van der Waals surface area contributed by atoms with Crippen LogP contribution < -0.4 is 9.47 Å². The third-order valence-corrected chi connectivity index (χ3v) is 15.0. The van der Waals surface area contributed by atoms with E-state index < -0.39 is 0 Å². The number of phenolic OH excluding ortho intramolecular Hbond substituents is 2. The maximum atomic E-state index is 12.2. The summed E-state index contributed by atoms with van der Waals surface area (Å²) in [5, 5.41) is 28.7. The predicted molar refractivity (Wildman–Crippen MR) is 245 cm³/mol. The van der Waals surface area contributed by atoms with Crippen molar-refractivity contribution in [3.63, 3.8) is 0 Å². The number of rotatable bonds is 10. The van der Waals surface area contributed by atoms with Gasteiger partial charge in [0.25, 0.3) is 0 Å². The van der Waals surface area contributed by atoms with E-state index in [-0.39, 0.29) is 0 Å². The largest absolute Gasteiger partial charge is 0.507 e. The molecular formula is C50H44O4S4. The zero-order valence-electron chi connectivity index (χ0n) is 32.5. The fourth-order valence-electron chi connectivity index (χ4n) is 7.86. The minimum atomic E-state index is 0.301. The van der Waals surface area contributed by atoms with E-state index in [2.05, 4.69) is 134 Å². The summed E-state index contributed by atoms with van der Waals surface area (Å²) < 4.78 is 13.2. The number of hydrogen-bond donors (Lipinski definition) is 2. The molecule has 0 spiro atoms. The highest BCUT2D eigenvalue weighted by Crippen LogP contribution is 2.44. The molecule has 4 aromatic heterocycles. The van der Waals surface area contributed by atoms with Crippen molar-refractivity contribution in [3.05, 3.63) is 164 Å². The Morgan fingerprint density at radius 1 is 0.431 bits per heavy atom. The number of ether oxygens (including phenoxy) is 2. The van der Waals surface area contributed by atoms with Crippen molar-refractivity contribution in [3.8, 4) is 63.4 Å². The summed E-state index contributed by atoms with van der Waals surface area (Å²) >= 11 is 7.06. The Labute approximate surface area is 356 Å². The molecule has 0 unspecified atom stereocenters. The molecule has 292 valence electrons. The molecule has 4 nitrogen and oxygen atoms in total. The van der Waals surface area contributed by atoms with Gasteiger partial charge >= 0.3 is 0 Å². The summed E-state index contributed by atoms with van der Waals surface area (Å²) in [5.41, 5.74) is 9.59. The van der Waals surface area contributed by atoms with Crippen molar-refractivity contribution in [2.45, 2.75) is 52.4 Å². The molecule has 2 N–H and O–H groups in total. The highest BCUT2D eigenvalue weighted by Gasteiger charge is 2.23. The average Bonchev–Trinajstić information content (AvgIpc) is 4.08. The lowest BCUT2D eigenvalue weighted by Gasteiger charge is -2.21. The quantitative estimate of drug-likeness (QED) is 0.144. The number of para-hydroxylation sites is 2. The van der Waals surface area contributed by atoms with Crippen molar-refractivity contribution in [1.82, 2.24) is 0 Å². The summed E-state index contributed by atoms with van der Waals surface area (Å²) in [6, 6.07) is 38.6. The standard InChI is InChI=1S/C50H44O4S4/c1-3-19-53-49-31-9-5-10-32(49)24-38-28-36(42-16-18-46(58-42)44-14-8-22-56-44)30-40(48(38)52)26-34-12-6-11-33(50(34)54-20-4-2)25-39-29-35(27-37(23-31)47(39)51)41-15-17-45(57-41)43-13-7-21-55-43/h5-18,21-22,27-30,51-52H,3-4,19-20,23-26H2,1-2H3. The molecule has 0 amide bonds. The molecule has 0 atom stereocenters. The fourth-order valence-corrected chi connectivity index (χ4v) is 11.5. The zero-order valence-corrected chi connectivity index (χ0v) is 35.8. The van der Waals surface area contributed by atoms with Crippen LogP contribution in [0.5, 0.6) is 23.0 Å². The predicted octanol–water partition coefficient (Wildman–Crippen LogP) is 14.3. The first-order chi connectivity index (χ1) is 28.4. The molecular weight excluding hydrogens is 793 g/mol. The van der Waals surface area contributed by atoms with E-state index >= 15 is 0 Å². The van der Waals surface area contributed by atoms with Crippen LogP contribution in [0.2, 0.25) is 0 Å². The van der Waals surface area contributed by atoms with Gasteiger partial charge in [-0.3, -0.25) is 0 Å². The maximum Gasteiger partial charge on any atom is 0.126 e. The maximum absolute atomic E-state index is 12.2. The number of fused-ring (bicyclic) bond motifs is 8. The van der Waals surface area contributed by atoms with E-state index in [9.17, 15) is 10.2 Å². The highest BCUT2D eigenvalue weighted by atomic mass is 32.1. The smallest absolute Gasteiger partial charge is 0.126 e. The minimum Gasteiger partial charge on any atom is -0.507 e. The van der Waals surface area contributed by atoms with Crippen molar-refractivity contribution in [1.29, 1.82) is 0 Å². The molecule has 0 radical (unpaired) electrons. The van der Waals surface area contributed by atoms with Crippen LogP contribution in [0.4, 0.5) is 0 Å². The lowest BCUT2D eigenvalue weighted by atomic mass is 9.89. The molecule has 58 heavy (non-hydrogen) atoms. The number of hydrogen-bond acceptors (Lipinski definition) is 8. The molecule has 1 aliphatic rings. The van der Waals surface area contributed by atoms with E-state index in [1.807, 2.05) is 0 Å². The topological polar surface area (TPSA) is 58.9 Å². The molecule has 8 heteroatoms. The molecule has 8 bridgehead atoms. The first kappa shape index (κ1) is 38.4. The highest BCUT2D eigenvalue weighted by molar-refractivity contribution is 7.23. The summed E-state index contributed by atoms with van der Waals surface area (Å²) in [7, 11) is 0.